The van der Waals surface area contributed by atoms with Crippen molar-refractivity contribution in [2.24, 2.45) is 0 Å². The molecule has 148 valence electrons. The zero-order valence-electron chi connectivity index (χ0n) is 15.0. The van der Waals surface area contributed by atoms with Crippen LogP contribution < -0.4 is 20.3 Å². The molecule has 0 unspecified atom stereocenters. The summed E-state index contributed by atoms with van der Waals surface area (Å²) in [7, 11) is 0. The maximum atomic E-state index is 12.4. The minimum atomic E-state index is -0.408. The molecule has 8 nitrogen and oxygen atoms in total. The van der Waals surface area contributed by atoms with Crippen LogP contribution in [-0.2, 0) is 4.79 Å². The van der Waals surface area contributed by atoms with Gasteiger partial charge in [-0.2, -0.15) is 0 Å². The van der Waals surface area contributed by atoms with Crippen LogP contribution in [0, 0.1) is 0 Å². The van der Waals surface area contributed by atoms with Crippen molar-refractivity contribution in [3.63, 3.8) is 0 Å². The highest BCUT2D eigenvalue weighted by Gasteiger charge is 2.15. The molecule has 0 aliphatic carbocycles. The molecule has 0 saturated heterocycles. The highest BCUT2D eigenvalue weighted by Crippen LogP contribution is 2.33. The Morgan fingerprint density at radius 1 is 1.14 bits per heavy atom. The largest absolute Gasteiger partial charge is 0.486 e. The molecule has 1 aliphatic heterocycles. The van der Waals surface area contributed by atoms with Gasteiger partial charge in [0.25, 0.3) is 5.56 Å². The molecule has 0 fully saturated rings. The number of halogens is 1. The van der Waals surface area contributed by atoms with E-state index >= 15 is 0 Å². The van der Waals surface area contributed by atoms with Crippen molar-refractivity contribution in [1.29, 1.82) is 0 Å². The maximum absolute atomic E-state index is 12.4. The number of aromatic nitrogens is 3. The third-order valence-electron chi connectivity index (χ3n) is 3.94. The smallest absolute Gasteiger partial charge is 0.278 e. The number of nitrogens with zero attached hydrogens (tertiary/aromatic N) is 2. The van der Waals surface area contributed by atoms with Crippen molar-refractivity contribution >= 4 is 35.0 Å². The van der Waals surface area contributed by atoms with Crippen LogP contribution in [0.2, 0.25) is 5.02 Å². The lowest BCUT2D eigenvalue weighted by atomic mass is 10.1. The summed E-state index contributed by atoms with van der Waals surface area (Å²) in [5.74, 6) is 0.990. The molecular weight excluding hydrogens is 416 g/mol. The fourth-order valence-corrected chi connectivity index (χ4v) is 3.46. The number of amides is 1. The van der Waals surface area contributed by atoms with Crippen molar-refractivity contribution in [3.05, 3.63) is 57.8 Å². The molecule has 2 aromatic carbocycles. The molecule has 1 amide bonds. The maximum Gasteiger partial charge on any atom is 0.278 e. The van der Waals surface area contributed by atoms with Gasteiger partial charge in [-0.05, 0) is 36.4 Å². The van der Waals surface area contributed by atoms with Crippen LogP contribution in [0.3, 0.4) is 0 Å². The molecule has 10 heteroatoms. The molecule has 0 radical (unpaired) electrons. The lowest BCUT2D eigenvalue weighted by Gasteiger charge is -2.18. The van der Waals surface area contributed by atoms with E-state index in [4.69, 9.17) is 21.1 Å². The Kier molecular flexibility index (Phi) is 5.68. The van der Waals surface area contributed by atoms with Crippen LogP contribution in [0.4, 0.5) is 5.69 Å². The molecule has 0 atom stereocenters. The first-order valence-corrected chi connectivity index (χ1v) is 10.00. The molecule has 1 aliphatic rings. The minimum absolute atomic E-state index is 0.0561. The summed E-state index contributed by atoms with van der Waals surface area (Å²) >= 11 is 6.97. The van der Waals surface area contributed by atoms with Gasteiger partial charge >= 0.3 is 0 Å². The summed E-state index contributed by atoms with van der Waals surface area (Å²) < 4.78 is 11.0. The quantitative estimate of drug-likeness (QED) is 0.599. The summed E-state index contributed by atoms with van der Waals surface area (Å²) in [4.78, 5) is 27.1. The van der Waals surface area contributed by atoms with Crippen LogP contribution in [0.15, 0.2) is 52.4 Å². The summed E-state index contributed by atoms with van der Waals surface area (Å²) in [5, 5.41) is 11.5. The zero-order valence-corrected chi connectivity index (χ0v) is 16.5. The first-order valence-electron chi connectivity index (χ1n) is 8.64. The van der Waals surface area contributed by atoms with E-state index in [0.717, 1.165) is 11.8 Å². The van der Waals surface area contributed by atoms with Gasteiger partial charge in [0.15, 0.2) is 22.3 Å². The minimum Gasteiger partial charge on any atom is -0.486 e. The predicted molar refractivity (Wildman–Crippen MR) is 110 cm³/mol. The van der Waals surface area contributed by atoms with Gasteiger partial charge in [-0.1, -0.05) is 29.4 Å². The van der Waals surface area contributed by atoms with E-state index in [1.807, 2.05) is 0 Å². The van der Waals surface area contributed by atoms with Gasteiger partial charge in [-0.3, -0.25) is 14.6 Å². The summed E-state index contributed by atoms with van der Waals surface area (Å²) in [6.45, 7) is 0.939. The number of fused-ring (bicyclic) bond motifs is 1. The Hall–Kier alpha value is -3.04. The Bertz CT molecular complexity index is 1120. The molecule has 2 N–H and O–H groups in total. The zero-order chi connectivity index (χ0) is 20.2. The molecule has 4 rings (SSSR count). The molecule has 0 spiro atoms. The van der Waals surface area contributed by atoms with E-state index in [1.165, 1.54) is 0 Å². The average molecular weight is 431 g/mol. The second-order valence-electron chi connectivity index (χ2n) is 6.01. The number of benzene rings is 2. The number of carbonyl (C=O) groups excluding carboxylic acids is 1. The molecule has 3 aromatic rings. The van der Waals surface area contributed by atoms with Crippen LogP contribution in [0.25, 0.3) is 11.3 Å². The number of nitrogens with one attached hydrogen (secondary N) is 2. The lowest BCUT2D eigenvalue weighted by Crippen LogP contribution is -2.18. The van der Waals surface area contributed by atoms with E-state index in [-0.39, 0.29) is 22.5 Å². The van der Waals surface area contributed by atoms with Crippen LogP contribution in [0.1, 0.15) is 0 Å². The van der Waals surface area contributed by atoms with Gasteiger partial charge in [-0.15, -0.1) is 10.2 Å². The summed E-state index contributed by atoms with van der Waals surface area (Å²) in [6.07, 6.45) is 0. The van der Waals surface area contributed by atoms with Gasteiger partial charge in [0.05, 0.1) is 5.75 Å². The Labute approximate surface area is 174 Å². The second-order valence-corrected chi connectivity index (χ2v) is 7.41. The topological polar surface area (TPSA) is 106 Å². The highest BCUT2D eigenvalue weighted by atomic mass is 35.5. The Balaban J connectivity index is 1.42. The van der Waals surface area contributed by atoms with Gasteiger partial charge < -0.3 is 14.8 Å². The Morgan fingerprint density at radius 3 is 2.76 bits per heavy atom. The number of thioether (sulfide) groups is 1. The van der Waals surface area contributed by atoms with E-state index in [2.05, 4.69) is 20.5 Å². The monoisotopic (exact) mass is 430 g/mol. The van der Waals surface area contributed by atoms with Crippen molar-refractivity contribution in [1.82, 2.24) is 15.2 Å². The van der Waals surface area contributed by atoms with Gasteiger partial charge in [-0.25, -0.2) is 0 Å². The highest BCUT2D eigenvalue weighted by molar-refractivity contribution is 7.99. The number of rotatable bonds is 5. The van der Waals surface area contributed by atoms with E-state index in [1.54, 1.807) is 42.5 Å². The first-order chi connectivity index (χ1) is 14.1. The van der Waals surface area contributed by atoms with E-state index in [9.17, 15) is 9.59 Å². The summed E-state index contributed by atoms with van der Waals surface area (Å²) in [5.41, 5.74) is 0.916. The molecule has 0 saturated carbocycles. The van der Waals surface area contributed by atoms with Gasteiger partial charge in [0.2, 0.25) is 5.91 Å². The van der Waals surface area contributed by atoms with E-state index < -0.39 is 5.56 Å². The van der Waals surface area contributed by atoms with Gasteiger partial charge in [0.1, 0.15) is 13.2 Å². The number of carbonyl (C=O) groups is 1. The Morgan fingerprint density at radius 2 is 1.97 bits per heavy atom. The number of H-pyrrole nitrogens is 1. The summed E-state index contributed by atoms with van der Waals surface area (Å²) in [6, 6.07) is 12.0. The number of aromatic amines is 1. The van der Waals surface area contributed by atoms with Gasteiger partial charge in [0, 0.05) is 16.3 Å². The van der Waals surface area contributed by atoms with Crippen molar-refractivity contribution in [3.8, 4) is 22.8 Å². The molecular formula is C19H15ClN4O4S. The SMILES string of the molecule is O=C(CSc1nnc(-c2ccc3c(c2)OCCO3)c(=O)[nH]1)Nc1cccc(Cl)c1. The predicted octanol–water partition coefficient (Wildman–Crippen LogP) is 2.99. The molecule has 1 aromatic heterocycles. The molecule has 2 heterocycles. The van der Waals surface area contributed by atoms with Crippen molar-refractivity contribution < 1.29 is 14.3 Å². The van der Waals surface area contributed by atoms with Crippen LogP contribution >= 0.6 is 23.4 Å². The standard InChI is InChI=1S/C19H15ClN4O4S/c20-12-2-1-3-13(9-12)21-16(25)10-29-19-22-18(26)17(23-24-19)11-4-5-14-15(8-11)28-7-6-27-14/h1-5,8-9H,6-7,10H2,(H,21,25)(H,22,24,26). The number of hydrogen-bond donors (Lipinski definition) is 2. The van der Waals surface area contributed by atoms with Crippen LogP contribution in [0.5, 0.6) is 11.5 Å². The molecule has 0 bridgehead atoms. The fraction of sp³-hybridized carbons (Fsp3) is 0.158. The van der Waals surface area contributed by atoms with E-state index in [0.29, 0.717) is 41.0 Å². The first kappa shape index (κ1) is 19.3. The fourth-order valence-electron chi connectivity index (χ4n) is 2.66. The average Bonchev–Trinajstić information content (AvgIpc) is 2.72. The third-order valence-corrected chi connectivity index (χ3v) is 5.04. The van der Waals surface area contributed by atoms with Crippen LogP contribution in [-0.4, -0.2) is 40.1 Å². The normalized spacial score (nSPS) is 12.4. The number of ether oxygens (including phenoxy) is 2. The number of anilines is 1. The number of hydrogen-bond acceptors (Lipinski definition) is 7. The third kappa shape index (κ3) is 4.69. The van der Waals surface area contributed by atoms with Crippen molar-refractivity contribution in [2.75, 3.05) is 24.3 Å². The lowest BCUT2D eigenvalue weighted by molar-refractivity contribution is -0.113. The van der Waals surface area contributed by atoms with Crippen molar-refractivity contribution in [2.45, 2.75) is 5.16 Å². The molecule has 29 heavy (non-hydrogen) atoms. The second kappa shape index (κ2) is 8.54.